The fourth-order valence-corrected chi connectivity index (χ4v) is 2.28. The van der Waals surface area contributed by atoms with E-state index in [1.54, 1.807) is 0 Å². The van der Waals surface area contributed by atoms with Crippen molar-refractivity contribution >= 4 is 5.91 Å². The lowest BCUT2D eigenvalue weighted by atomic mass is 9.91. The monoisotopic (exact) mass is 240 g/mol. The van der Waals surface area contributed by atoms with Gasteiger partial charge in [0.2, 0.25) is 5.91 Å². The number of nitrogens with one attached hydrogen (secondary N) is 1. The standard InChI is InChI=1S/C14H28N2O/c1-13(2,3)15-12(17)11-7-9-16(10-8-11)14(4,5)6/h11H,7-10H2,1-6H3,(H,15,17). The third-order valence-electron chi connectivity index (χ3n) is 3.31. The molecule has 1 N–H and O–H groups in total. The fraction of sp³-hybridized carbons (Fsp3) is 0.929. The molecule has 1 saturated heterocycles. The van der Waals surface area contributed by atoms with Crippen LogP contribution >= 0.6 is 0 Å². The predicted octanol–water partition coefficient (Wildman–Crippen LogP) is 2.41. The Kier molecular flexibility index (Phi) is 4.23. The molecule has 3 nitrogen and oxygen atoms in total. The Morgan fingerprint density at radius 3 is 1.88 bits per heavy atom. The second-order valence-electron chi connectivity index (χ2n) is 7.17. The summed E-state index contributed by atoms with van der Waals surface area (Å²) in [5.74, 6) is 0.430. The predicted molar refractivity (Wildman–Crippen MR) is 71.9 cm³/mol. The highest BCUT2D eigenvalue weighted by Crippen LogP contribution is 2.24. The zero-order chi connectivity index (χ0) is 13.3. The first-order valence-corrected chi connectivity index (χ1v) is 6.67. The highest BCUT2D eigenvalue weighted by molar-refractivity contribution is 5.79. The summed E-state index contributed by atoms with van der Waals surface area (Å²) >= 11 is 0. The first kappa shape index (κ1) is 14.5. The summed E-state index contributed by atoms with van der Waals surface area (Å²) in [5, 5.41) is 3.08. The van der Waals surface area contributed by atoms with Gasteiger partial charge in [-0.25, -0.2) is 0 Å². The summed E-state index contributed by atoms with van der Waals surface area (Å²) in [4.78, 5) is 14.5. The van der Waals surface area contributed by atoms with Gasteiger partial charge in [-0.3, -0.25) is 9.69 Å². The van der Waals surface area contributed by atoms with Crippen LogP contribution in [0.5, 0.6) is 0 Å². The van der Waals surface area contributed by atoms with Gasteiger partial charge in [-0.15, -0.1) is 0 Å². The maximum Gasteiger partial charge on any atom is 0.223 e. The van der Waals surface area contributed by atoms with Gasteiger partial charge in [0.25, 0.3) is 0 Å². The summed E-state index contributed by atoms with van der Waals surface area (Å²) in [6.07, 6.45) is 1.97. The van der Waals surface area contributed by atoms with Crippen LogP contribution in [0.4, 0.5) is 0 Å². The number of piperidine rings is 1. The second-order valence-corrected chi connectivity index (χ2v) is 7.17. The molecule has 1 rings (SSSR count). The fourth-order valence-electron chi connectivity index (χ4n) is 2.28. The van der Waals surface area contributed by atoms with Gasteiger partial charge < -0.3 is 5.32 Å². The van der Waals surface area contributed by atoms with E-state index in [1.807, 2.05) is 20.8 Å². The van der Waals surface area contributed by atoms with Crippen LogP contribution in [0, 0.1) is 5.92 Å². The van der Waals surface area contributed by atoms with Crippen LogP contribution < -0.4 is 5.32 Å². The van der Waals surface area contributed by atoms with E-state index in [0.29, 0.717) is 0 Å². The number of likely N-dealkylation sites (tertiary alicyclic amines) is 1. The van der Waals surface area contributed by atoms with E-state index in [0.717, 1.165) is 25.9 Å². The molecule has 0 saturated carbocycles. The SMILES string of the molecule is CC(C)(C)NC(=O)C1CCN(C(C)(C)C)CC1. The number of amides is 1. The average molecular weight is 240 g/mol. The Bertz CT molecular complexity index is 265. The minimum Gasteiger partial charge on any atom is -0.351 e. The van der Waals surface area contributed by atoms with Gasteiger partial charge in [-0.2, -0.15) is 0 Å². The van der Waals surface area contributed by atoms with Crippen molar-refractivity contribution in [2.45, 2.75) is 65.5 Å². The van der Waals surface area contributed by atoms with E-state index < -0.39 is 0 Å². The molecule has 0 atom stereocenters. The number of rotatable bonds is 1. The zero-order valence-corrected chi connectivity index (χ0v) is 12.3. The molecule has 0 radical (unpaired) electrons. The maximum absolute atomic E-state index is 12.0. The number of hydrogen-bond acceptors (Lipinski definition) is 2. The van der Waals surface area contributed by atoms with Gasteiger partial charge in [0.1, 0.15) is 0 Å². The van der Waals surface area contributed by atoms with Crippen molar-refractivity contribution < 1.29 is 4.79 Å². The molecule has 1 heterocycles. The molecule has 0 bridgehead atoms. The molecule has 100 valence electrons. The zero-order valence-electron chi connectivity index (χ0n) is 12.3. The van der Waals surface area contributed by atoms with Gasteiger partial charge >= 0.3 is 0 Å². The van der Waals surface area contributed by atoms with Crippen molar-refractivity contribution in [3.05, 3.63) is 0 Å². The minimum absolute atomic E-state index is 0.113. The van der Waals surface area contributed by atoms with Gasteiger partial charge in [0, 0.05) is 17.0 Å². The van der Waals surface area contributed by atoms with Crippen LogP contribution in [0.25, 0.3) is 0 Å². The quantitative estimate of drug-likeness (QED) is 0.763. The third-order valence-corrected chi connectivity index (χ3v) is 3.31. The lowest BCUT2D eigenvalue weighted by Gasteiger charge is -2.40. The lowest BCUT2D eigenvalue weighted by Crippen LogP contribution is -2.50. The van der Waals surface area contributed by atoms with Crippen molar-refractivity contribution in [1.82, 2.24) is 10.2 Å². The molecule has 0 aromatic carbocycles. The van der Waals surface area contributed by atoms with E-state index >= 15 is 0 Å². The van der Waals surface area contributed by atoms with Crippen molar-refractivity contribution in [3.8, 4) is 0 Å². The molecule has 1 aliphatic heterocycles. The minimum atomic E-state index is -0.113. The van der Waals surface area contributed by atoms with Crippen molar-refractivity contribution in [3.63, 3.8) is 0 Å². The summed E-state index contributed by atoms with van der Waals surface area (Å²) in [7, 11) is 0. The van der Waals surface area contributed by atoms with Crippen LogP contribution in [0.15, 0.2) is 0 Å². The Morgan fingerprint density at radius 1 is 1.06 bits per heavy atom. The smallest absolute Gasteiger partial charge is 0.223 e. The van der Waals surface area contributed by atoms with E-state index in [2.05, 4.69) is 31.0 Å². The number of nitrogens with zero attached hydrogens (tertiary/aromatic N) is 1. The molecule has 0 spiro atoms. The Labute approximate surface area is 106 Å². The summed E-state index contributed by atoms with van der Waals surface area (Å²) in [5.41, 5.74) is 0.115. The number of carbonyl (C=O) groups is 1. The molecule has 0 aromatic heterocycles. The largest absolute Gasteiger partial charge is 0.351 e. The molecule has 1 fully saturated rings. The molecule has 0 aromatic rings. The molecule has 0 unspecified atom stereocenters. The van der Waals surface area contributed by atoms with Crippen LogP contribution in [0.3, 0.4) is 0 Å². The normalized spacial score (nSPS) is 20.4. The highest BCUT2D eigenvalue weighted by atomic mass is 16.2. The van der Waals surface area contributed by atoms with Gasteiger partial charge in [-0.1, -0.05) is 0 Å². The topological polar surface area (TPSA) is 32.3 Å². The van der Waals surface area contributed by atoms with Crippen molar-refractivity contribution in [2.24, 2.45) is 5.92 Å². The second kappa shape index (κ2) is 4.97. The van der Waals surface area contributed by atoms with Crippen LogP contribution in [-0.4, -0.2) is 35.0 Å². The van der Waals surface area contributed by atoms with Crippen LogP contribution in [-0.2, 0) is 4.79 Å². The Morgan fingerprint density at radius 2 is 1.53 bits per heavy atom. The summed E-state index contributed by atoms with van der Waals surface area (Å²) in [6.45, 7) is 14.9. The highest BCUT2D eigenvalue weighted by Gasteiger charge is 2.31. The van der Waals surface area contributed by atoms with E-state index in [4.69, 9.17) is 0 Å². The Balaban J connectivity index is 2.45. The molecular weight excluding hydrogens is 212 g/mol. The van der Waals surface area contributed by atoms with E-state index in [1.165, 1.54) is 0 Å². The van der Waals surface area contributed by atoms with Crippen LogP contribution in [0.2, 0.25) is 0 Å². The molecule has 3 heteroatoms. The Hall–Kier alpha value is -0.570. The third kappa shape index (κ3) is 4.66. The molecule has 17 heavy (non-hydrogen) atoms. The summed E-state index contributed by atoms with van der Waals surface area (Å²) < 4.78 is 0. The summed E-state index contributed by atoms with van der Waals surface area (Å²) in [6, 6.07) is 0. The average Bonchev–Trinajstić information content (AvgIpc) is 2.14. The van der Waals surface area contributed by atoms with E-state index in [-0.39, 0.29) is 22.9 Å². The van der Waals surface area contributed by atoms with Crippen molar-refractivity contribution in [1.29, 1.82) is 0 Å². The number of hydrogen-bond donors (Lipinski definition) is 1. The van der Waals surface area contributed by atoms with Crippen molar-refractivity contribution in [2.75, 3.05) is 13.1 Å². The number of carbonyl (C=O) groups excluding carboxylic acids is 1. The van der Waals surface area contributed by atoms with Gasteiger partial charge in [0.05, 0.1) is 0 Å². The van der Waals surface area contributed by atoms with Gasteiger partial charge in [0.15, 0.2) is 0 Å². The van der Waals surface area contributed by atoms with E-state index in [9.17, 15) is 4.79 Å². The molecule has 1 amide bonds. The molecular formula is C14H28N2O. The lowest BCUT2D eigenvalue weighted by molar-refractivity contribution is -0.128. The first-order valence-electron chi connectivity index (χ1n) is 6.67. The van der Waals surface area contributed by atoms with Gasteiger partial charge in [-0.05, 0) is 67.5 Å². The maximum atomic E-state index is 12.0. The molecule has 1 aliphatic rings. The van der Waals surface area contributed by atoms with Crippen LogP contribution in [0.1, 0.15) is 54.4 Å². The molecule has 0 aliphatic carbocycles. The first-order chi connectivity index (χ1) is 7.59.